The molecule has 1 aromatic heterocycles. The van der Waals surface area contributed by atoms with E-state index in [2.05, 4.69) is 10.1 Å². The largest absolute Gasteiger partial charge is 0.363 e. The average molecular weight is 196 g/mol. The molecule has 0 saturated heterocycles. The first-order chi connectivity index (χ1) is 6.66. The molecule has 4 N–H and O–H groups in total. The average Bonchev–Trinajstić information content (AvgIpc) is 2.70. The predicted octanol–water partition coefficient (Wildman–Crippen LogP) is -0.237. The van der Waals surface area contributed by atoms with Gasteiger partial charge in [-0.1, -0.05) is 5.16 Å². The third kappa shape index (κ3) is 1.60. The maximum Gasteiger partial charge on any atom is 0.290 e. The van der Waals surface area contributed by atoms with E-state index in [0.717, 1.165) is 19.3 Å². The molecule has 2 rings (SSSR count). The minimum absolute atomic E-state index is 0.0551. The lowest BCUT2D eigenvalue weighted by atomic mass is 10.1. The molecule has 0 unspecified atom stereocenters. The SMILES string of the molecule is NC(=O)c1noc([C@@H]2CC[C@H](N)C2)n1. The van der Waals surface area contributed by atoms with E-state index in [4.69, 9.17) is 16.0 Å². The minimum Gasteiger partial charge on any atom is -0.363 e. The van der Waals surface area contributed by atoms with Crippen molar-refractivity contribution in [3.8, 4) is 0 Å². The molecular formula is C8H12N4O2. The Morgan fingerprint density at radius 1 is 1.50 bits per heavy atom. The van der Waals surface area contributed by atoms with Crippen LogP contribution in [0.1, 0.15) is 41.7 Å². The van der Waals surface area contributed by atoms with Crippen LogP contribution in [0.3, 0.4) is 0 Å². The smallest absolute Gasteiger partial charge is 0.290 e. The lowest BCUT2D eigenvalue weighted by Crippen LogP contribution is -2.15. The number of carbonyl (C=O) groups excluding carboxylic acids is 1. The fourth-order valence-electron chi connectivity index (χ4n) is 1.74. The van der Waals surface area contributed by atoms with E-state index in [-0.39, 0.29) is 17.8 Å². The van der Waals surface area contributed by atoms with Gasteiger partial charge in [-0.15, -0.1) is 0 Å². The van der Waals surface area contributed by atoms with Crippen molar-refractivity contribution >= 4 is 5.91 Å². The van der Waals surface area contributed by atoms with Crippen molar-refractivity contribution in [2.75, 3.05) is 0 Å². The summed E-state index contributed by atoms with van der Waals surface area (Å²) >= 11 is 0. The highest BCUT2D eigenvalue weighted by Gasteiger charge is 2.28. The van der Waals surface area contributed by atoms with Crippen LogP contribution < -0.4 is 11.5 Å². The van der Waals surface area contributed by atoms with Gasteiger partial charge in [-0.05, 0) is 19.3 Å². The maximum atomic E-state index is 10.7. The number of carbonyl (C=O) groups is 1. The van der Waals surface area contributed by atoms with Crippen LogP contribution in [0, 0.1) is 0 Å². The molecule has 6 heteroatoms. The highest BCUT2D eigenvalue weighted by atomic mass is 16.5. The van der Waals surface area contributed by atoms with Crippen molar-refractivity contribution in [2.24, 2.45) is 11.5 Å². The van der Waals surface area contributed by atoms with Gasteiger partial charge >= 0.3 is 0 Å². The van der Waals surface area contributed by atoms with E-state index in [1.807, 2.05) is 0 Å². The van der Waals surface area contributed by atoms with Gasteiger partial charge in [0, 0.05) is 12.0 Å². The summed E-state index contributed by atoms with van der Waals surface area (Å²) in [5, 5.41) is 3.48. The first kappa shape index (κ1) is 9.14. The van der Waals surface area contributed by atoms with E-state index in [0.29, 0.717) is 5.89 Å². The summed E-state index contributed by atoms with van der Waals surface area (Å²) < 4.78 is 4.94. The highest BCUT2D eigenvalue weighted by Crippen LogP contribution is 2.32. The lowest BCUT2D eigenvalue weighted by molar-refractivity contribution is 0.0987. The van der Waals surface area contributed by atoms with Gasteiger partial charge in [0.05, 0.1) is 0 Å². The molecular weight excluding hydrogens is 184 g/mol. The molecule has 1 aliphatic rings. The molecule has 1 fully saturated rings. The Bertz CT molecular complexity index is 349. The zero-order valence-electron chi connectivity index (χ0n) is 7.64. The Labute approximate surface area is 80.6 Å². The number of nitrogens with two attached hydrogens (primary N) is 2. The number of primary amides is 1. The Balaban J connectivity index is 2.13. The van der Waals surface area contributed by atoms with Gasteiger partial charge in [0.15, 0.2) is 0 Å². The second-order valence-electron chi connectivity index (χ2n) is 3.59. The van der Waals surface area contributed by atoms with Gasteiger partial charge in [-0.2, -0.15) is 4.98 Å². The molecule has 0 aliphatic heterocycles. The molecule has 14 heavy (non-hydrogen) atoms. The zero-order valence-corrected chi connectivity index (χ0v) is 7.64. The number of hydrogen-bond donors (Lipinski definition) is 2. The summed E-state index contributed by atoms with van der Waals surface area (Å²) in [6.45, 7) is 0. The Morgan fingerprint density at radius 3 is 2.79 bits per heavy atom. The number of aromatic nitrogens is 2. The van der Waals surface area contributed by atoms with Crippen molar-refractivity contribution < 1.29 is 9.32 Å². The summed E-state index contributed by atoms with van der Waals surface area (Å²) in [5.74, 6) is -0.0554. The van der Waals surface area contributed by atoms with E-state index in [1.54, 1.807) is 0 Å². The topological polar surface area (TPSA) is 108 Å². The van der Waals surface area contributed by atoms with Gasteiger partial charge < -0.3 is 16.0 Å². The van der Waals surface area contributed by atoms with E-state index in [1.165, 1.54) is 0 Å². The van der Waals surface area contributed by atoms with Crippen LogP contribution >= 0.6 is 0 Å². The van der Waals surface area contributed by atoms with E-state index < -0.39 is 5.91 Å². The molecule has 6 nitrogen and oxygen atoms in total. The molecule has 0 spiro atoms. The number of amides is 1. The summed E-state index contributed by atoms with van der Waals surface area (Å²) in [6, 6.07) is 0.198. The van der Waals surface area contributed by atoms with Crippen molar-refractivity contribution in [3.05, 3.63) is 11.7 Å². The number of hydrogen-bond acceptors (Lipinski definition) is 5. The van der Waals surface area contributed by atoms with Crippen molar-refractivity contribution in [1.82, 2.24) is 10.1 Å². The summed E-state index contributed by atoms with van der Waals surface area (Å²) in [5.41, 5.74) is 10.8. The first-order valence-electron chi connectivity index (χ1n) is 4.56. The third-order valence-corrected chi connectivity index (χ3v) is 2.48. The van der Waals surface area contributed by atoms with Crippen LogP contribution in [-0.2, 0) is 0 Å². The normalized spacial score (nSPS) is 26.6. The molecule has 1 saturated carbocycles. The van der Waals surface area contributed by atoms with Gasteiger partial charge in [0.25, 0.3) is 11.7 Å². The fourth-order valence-corrected chi connectivity index (χ4v) is 1.74. The zero-order chi connectivity index (χ0) is 10.1. The molecule has 1 amide bonds. The minimum atomic E-state index is -0.665. The van der Waals surface area contributed by atoms with Crippen LogP contribution in [0.5, 0.6) is 0 Å². The van der Waals surface area contributed by atoms with E-state index in [9.17, 15) is 4.79 Å². The van der Waals surface area contributed by atoms with Crippen LogP contribution in [0.15, 0.2) is 4.52 Å². The summed E-state index contributed by atoms with van der Waals surface area (Å²) in [6.07, 6.45) is 2.72. The van der Waals surface area contributed by atoms with Gasteiger partial charge in [-0.3, -0.25) is 4.79 Å². The van der Waals surface area contributed by atoms with Gasteiger partial charge in [-0.25, -0.2) is 0 Å². The molecule has 0 bridgehead atoms. The second kappa shape index (κ2) is 3.38. The molecule has 76 valence electrons. The van der Waals surface area contributed by atoms with E-state index >= 15 is 0 Å². The van der Waals surface area contributed by atoms with Crippen LogP contribution in [0.25, 0.3) is 0 Å². The number of nitrogens with zero attached hydrogens (tertiary/aromatic N) is 2. The van der Waals surface area contributed by atoms with Crippen LogP contribution in [0.2, 0.25) is 0 Å². The molecule has 1 aromatic rings. The van der Waals surface area contributed by atoms with Crippen LogP contribution in [-0.4, -0.2) is 22.1 Å². The second-order valence-corrected chi connectivity index (χ2v) is 3.59. The van der Waals surface area contributed by atoms with Crippen LogP contribution in [0.4, 0.5) is 0 Å². The van der Waals surface area contributed by atoms with Crippen molar-refractivity contribution in [3.63, 3.8) is 0 Å². The monoisotopic (exact) mass is 196 g/mol. The summed E-state index contributed by atoms with van der Waals surface area (Å²) in [4.78, 5) is 14.6. The van der Waals surface area contributed by atoms with Gasteiger partial charge in [0.1, 0.15) is 0 Å². The standard InChI is InChI=1S/C8H12N4O2/c9-5-2-1-4(3-5)8-11-7(6(10)13)12-14-8/h4-5H,1-3,9H2,(H2,10,13)/t4-,5+/m1/s1. The predicted molar refractivity (Wildman–Crippen MR) is 47.4 cm³/mol. The van der Waals surface area contributed by atoms with Crippen molar-refractivity contribution in [2.45, 2.75) is 31.2 Å². The Morgan fingerprint density at radius 2 is 2.29 bits per heavy atom. The van der Waals surface area contributed by atoms with Crippen molar-refractivity contribution in [1.29, 1.82) is 0 Å². The quantitative estimate of drug-likeness (QED) is 0.678. The summed E-state index contributed by atoms with van der Waals surface area (Å²) in [7, 11) is 0. The molecule has 1 aliphatic carbocycles. The number of rotatable bonds is 2. The fraction of sp³-hybridized carbons (Fsp3) is 0.625. The maximum absolute atomic E-state index is 10.7. The third-order valence-electron chi connectivity index (χ3n) is 2.48. The van der Waals surface area contributed by atoms with Gasteiger partial charge in [0.2, 0.25) is 5.89 Å². The molecule has 0 aromatic carbocycles. The first-order valence-corrected chi connectivity index (χ1v) is 4.56. The highest BCUT2D eigenvalue weighted by molar-refractivity contribution is 5.88. The Hall–Kier alpha value is -1.43. The lowest BCUT2D eigenvalue weighted by Gasteiger charge is -2.01. The molecule has 1 heterocycles. The molecule has 2 atom stereocenters. The Kier molecular flexibility index (Phi) is 2.20. The molecule has 0 radical (unpaired) electrons.